The Bertz CT molecular complexity index is 1030. The number of aromatic nitrogens is 2. The van der Waals surface area contributed by atoms with Gasteiger partial charge in [-0.05, 0) is 6.07 Å². The van der Waals surface area contributed by atoms with Crippen LogP contribution in [0.25, 0.3) is 11.4 Å². The molecule has 0 bridgehead atoms. The summed E-state index contributed by atoms with van der Waals surface area (Å²) in [7, 11) is 0. The second-order valence-electron chi connectivity index (χ2n) is 5.19. The first-order valence-electron chi connectivity index (χ1n) is 7.31. The summed E-state index contributed by atoms with van der Waals surface area (Å²) < 4.78 is 5.69. The average molecular weight is 375 g/mol. The standard InChI is InChI=1S/C16H11ClN4O5/c17-12-7-6-11(21(24)25)8-13(12)18-14(22)9-20-15(19-26-16(20)23)10-4-2-1-3-5-10/h1-8H,9H2,(H,18,22). The number of hydrogen-bond donors (Lipinski definition) is 1. The maximum atomic E-state index is 12.3. The van der Waals surface area contributed by atoms with E-state index in [4.69, 9.17) is 11.6 Å². The highest BCUT2D eigenvalue weighted by Gasteiger charge is 2.17. The number of benzene rings is 2. The number of nitrogens with zero attached hydrogens (tertiary/aromatic N) is 3. The molecule has 2 aromatic carbocycles. The van der Waals surface area contributed by atoms with Crippen LogP contribution >= 0.6 is 11.6 Å². The minimum Gasteiger partial charge on any atom is -0.323 e. The van der Waals surface area contributed by atoms with Gasteiger partial charge in [0.05, 0.1) is 15.6 Å². The third-order valence-electron chi connectivity index (χ3n) is 3.45. The fourth-order valence-electron chi connectivity index (χ4n) is 2.26. The third-order valence-corrected chi connectivity index (χ3v) is 3.78. The molecule has 0 spiro atoms. The van der Waals surface area contributed by atoms with Crippen molar-refractivity contribution < 1.29 is 14.2 Å². The lowest BCUT2D eigenvalue weighted by Gasteiger charge is -2.08. The van der Waals surface area contributed by atoms with Gasteiger partial charge in [0.2, 0.25) is 5.91 Å². The number of non-ortho nitro benzene ring substituents is 1. The van der Waals surface area contributed by atoms with Crippen molar-refractivity contribution in [2.75, 3.05) is 5.32 Å². The number of hydrogen-bond acceptors (Lipinski definition) is 6. The Balaban J connectivity index is 1.84. The highest BCUT2D eigenvalue weighted by Crippen LogP contribution is 2.26. The van der Waals surface area contributed by atoms with Gasteiger partial charge in [0, 0.05) is 17.7 Å². The molecule has 1 heterocycles. The lowest BCUT2D eigenvalue weighted by molar-refractivity contribution is -0.384. The first-order chi connectivity index (χ1) is 12.5. The second-order valence-corrected chi connectivity index (χ2v) is 5.60. The normalized spacial score (nSPS) is 10.5. The van der Waals surface area contributed by atoms with Crippen LogP contribution in [0.1, 0.15) is 0 Å². The molecule has 132 valence electrons. The van der Waals surface area contributed by atoms with Gasteiger partial charge in [-0.1, -0.05) is 47.1 Å². The number of anilines is 1. The number of nitro benzene ring substituents is 1. The van der Waals surface area contributed by atoms with E-state index in [1.165, 1.54) is 12.1 Å². The molecular formula is C16H11ClN4O5. The monoisotopic (exact) mass is 374 g/mol. The van der Waals surface area contributed by atoms with E-state index >= 15 is 0 Å². The van der Waals surface area contributed by atoms with Crippen LogP contribution < -0.4 is 11.1 Å². The molecule has 0 fully saturated rings. The molecular weight excluding hydrogens is 364 g/mol. The largest absolute Gasteiger partial charge is 0.442 e. The van der Waals surface area contributed by atoms with Gasteiger partial charge in [-0.15, -0.1) is 0 Å². The van der Waals surface area contributed by atoms with Crippen LogP contribution in [0.4, 0.5) is 11.4 Å². The zero-order valence-corrected chi connectivity index (χ0v) is 13.8. The number of carbonyl (C=O) groups is 1. The van der Waals surface area contributed by atoms with Crippen molar-refractivity contribution in [1.29, 1.82) is 0 Å². The van der Waals surface area contributed by atoms with E-state index in [0.717, 1.165) is 10.6 Å². The Hall–Kier alpha value is -3.46. The summed E-state index contributed by atoms with van der Waals surface area (Å²) >= 11 is 5.95. The number of nitro groups is 1. The molecule has 3 aromatic rings. The summed E-state index contributed by atoms with van der Waals surface area (Å²) in [5, 5.41) is 17.1. The molecule has 3 rings (SSSR count). The highest BCUT2D eigenvalue weighted by molar-refractivity contribution is 6.33. The lowest BCUT2D eigenvalue weighted by Crippen LogP contribution is -2.25. The Morgan fingerprint density at radius 1 is 1.27 bits per heavy atom. The van der Waals surface area contributed by atoms with E-state index < -0.39 is 23.1 Å². The number of rotatable bonds is 5. The van der Waals surface area contributed by atoms with E-state index in [2.05, 4.69) is 15.0 Å². The van der Waals surface area contributed by atoms with Crippen LogP contribution in [-0.4, -0.2) is 20.6 Å². The SMILES string of the molecule is O=C(Cn1c(-c2ccccc2)noc1=O)Nc1cc([N+](=O)[O-])ccc1Cl. The van der Waals surface area contributed by atoms with Gasteiger partial charge in [0.1, 0.15) is 6.54 Å². The van der Waals surface area contributed by atoms with Gasteiger partial charge in [-0.2, -0.15) is 0 Å². The van der Waals surface area contributed by atoms with Crippen molar-refractivity contribution in [2.45, 2.75) is 6.54 Å². The maximum Gasteiger partial charge on any atom is 0.442 e. The smallest absolute Gasteiger partial charge is 0.323 e. The second kappa shape index (κ2) is 7.19. The van der Waals surface area contributed by atoms with Gasteiger partial charge in [-0.25, -0.2) is 9.36 Å². The first kappa shape index (κ1) is 17.4. The third kappa shape index (κ3) is 3.62. The summed E-state index contributed by atoms with van der Waals surface area (Å²) in [6.07, 6.45) is 0. The minimum absolute atomic E-state index is 0.0663. The molecule has 0 saturated carbocycles. The Labute approximate surface area is 150 Å². The summed E-state index contributed by atoms with van der Waals surface area (Å²) in [5.41, 5.74) is 0.438. The van der Waals surface area contributed by atoms with E-state index in [1.54, 1.807) is 30.3 Å². The van der Waals surface area contributed by atoms with E-state index in [0.29, 0.717) is 5.56 Å². The Kier molecular flexibility index (Phi) is 4.81. The molecule has 9 nitrogen and oxygen atoms in total. The number of halogens is 1. The molecule has 0 atom stereocenters. The van der Waals surface area contributed by atoms with E-state index in [1.807, 2.05) is 0 Å². The van der Waals surface area contributed by atoms with E-state index in [9.17, 15) is 19.7 Å². The predicted octanol–water partition coefficient (Wildman–Crippen LogP) is 2.70. The summed E-state index contributed by atoms with van der Waals surface area (Å²) in [6, 6.07) is 12.4. The van der Waals surface area contributed by atoms with Crippen LogP contribution in [0.5, 0.6) is 0 Å². The zero-order valence-electron chi connectivity index (χ0n) is 13.1. The van der Waals surface area contributed by atoms with E-state index in [-0.39, 0.29) is 22.2 Å². The molecule has 1 aromatic heterocycles. The number of nitrogens with one attached hydrogen (secondary N) is 1. The molecule has 0 aliphatic rings. The number of carbonyl (C=O) groups excluding carboxylic acids is 1. The van der Waals surface area contributed by atoms with Crippen LogP contribution in [0, 0.1) is 10.1 Å². The van der Waals surface area contributed by atoms with Crippen molar-refractivity contribution in [3.05, 3.63) is 74.2 Å². The Morgan fingerprint density at radius 2 is 2.00 bits per heavy atom. The Morgan fingerprint density at radius 3 is 2.69 bits per heavy atom. The summed E-state index contributed by atoms with van der Waals surface area (Å²) in [5.74, 6) is -1.23. The van der Waals surface area contributed by atoms with Crippen LogP contribution in [0.2, 0.25) is 5.02 Å². The van der Waals surface area contributed by atoms with Crippen molar-refractivity contribution in [3.8, 4) is 11.4 Å². The molecule has 0 aliphatic heterocycles. The molecule has 1 N–H and O–H groups in total. The van der Waals surface area contributed by atoms with Gasteiger partial charge >= 0.3 is 5.76 Å². The summed E-state index contributed by atoms with van der Waals surface area (Å²) in [4.78, 5) is 34.4. The summed E-state index contributed by atoms with van der Waals surface area (Å²) in [6.45, 7) is -0.397. The molecule has 10 heteroatoms. The molecule has 0 unspecified atom stereocenters. The van der Waals surface area contributed by atoms with Gasteiger partial charge in [0.15, 0.2) is 5.82 Å². The van der Waals surface area contributed by atoms with Crippen molar-refractivity contribution in [2.24, 2.45) is 0 Å². The van der Waals surface area contributed by atoms with Crippen molar-refractivity contribution >= 4 is 28.9 Å². The van der Waals surface area contributed by atoms with Crippen LogP contribution in [0.3, 0.4) is 0 Å². The predicted molar refractivity (Wildman–Crippen MR) is 92.9 cm³/mol. The molecule has 0 aliphatic carbocycles. The van der Waals surface area contributed by atoms with Crippen LogP contribution in [-0.2, 0) is 11.3 Å². The first-order valence-corrected chi connectivity index (χ1v) is 7.69. The molecule has 26 heavy (non-hydrogen) atoms. The highest BCUT2D eigenvalue weighted by atomic mass is 35.5. The topological polar surface area (TPSA) is 120 Å². The molecule has 0 radical (unpaired) electrons. The quantitative estimate of drug-likeness (QED) is 0.541. The van der Waals surface area contributed by atoms with Gasteiger partial charge < -0.3 is 5.32 Å². The zero-order chi connectivity index (χ0) is 18.7. The maximum absolute atomic E-state index is 12.3. The molecule has 0 saturated heterocycles. The fraction of sp³-hybridized carbons (Fsp3) is 0.0625. The van der Waals surface area contributed by atoms with Gasteiger partial charge in [-0.3, -0.25) is 19.4 Å². The van der Waals surface area contributed by atoms with Crippen molar-refractivity contribution in [3.63, 3.8) is 0 Å². The lowest BCUT2D eigenvalue weighted by atomic mass is 10.2. The van der Waals surface area contributed by atoms with Crippen molar-refractivity contribution in [1.82, 2.24) is 9.72 Å². The average Bonchev–Trinajstić information content (AvgIpc) is 2.98. The van der Waals surface area contributed by atoms with Crippen LogP contribution in [0.15, 0.2) is 57.8 Å². The minimum atomic E-state index is -0.802. The molecule has 1 amide bonds. The number of amides is 1. The fourth-order valence-corrected chi connectivity index (χ4v) is 2.42. The van der Waals surface area contributed by atoms with Gasteiger partial charge in [0.25, 0.3) is 5.69 Å².